The zero-order valence-corrected chi connectivity index (χ0v) is 32.1. The number of aryl methyl sites for hydroxylation is 4. The molecule has 0 aromatic carbocycles. The van der Waals surface area contributed by atoms with Crippen molar-refractivity contribution < 1.29 is 0 Å². The molecule has 0 radical (unpaired) electrons. The van der Waals surface area contributed by atoms with Gasteiger partial charge in [0.1, 0.15) is 0 Å². The van der Waals surface area contributed by atoms with E-state index >= 15 is 0 Å². The van der Waals surface area contributed by atoms with Gasteiger partial charge >= 0.3 is 0 Å². The topological polar surface area (TPSA) is 109 Å². The zero-order valence-electron chi connectivity index (χ0n) is 32.1. The van der Waals surface area contributed by atoms with Gasteiger partial charge in [-0.05, 0) is 98.5 Å². The molecule has 0 unspecified atom stereocenters. The van der Waals surface area contributed by atoms with Gasteiger partial charge in [-0.3, -0.25) is 19.9 Å². The molecule has 2 N–H and O–H groups in total. The molecule has 0 amide bonds. The van der Waals surface area contributed by atoms with Gasteiger partial charge in [-0.1, -0.05) is 52.0 Å². The molecule has 0 atom stereocenters. The highest BCUT2D eigenvalue weighted by atomic mass is 14.8. The molecule has 56 heavy (non-hydrogen) atoms. The highest BCUT2D eigenvalue weighted by Gasteiger charge is 2.22. The van der Waals surface area contributed by atoms with E-state index in [1.807, 2.05) is 49.1 Å². The van der Waals surface area contributed by atoms with Gasteiger partial charge in [0, 0.05) is 114 Å². The first-order chi connectivity index (χ1) is 27.6. The van der Waals surface area contributed by atoms with Gasteiger partial charge in [-0.2, -0.15) is 0 Å². The molecular formula is C48H42N8. The van der Waals surface area contributed by atoms with E-state index in [0.717, 1.165) is 138 Å². The van der Waals surface area contributed by atoms with Crippen LogP contribution in [0.4, 0.5) is 0 Å². The molecule has 8 bridgehead atoms. The summed E-state index contributed by atoms with van der Waals surface area (Å²) in [5.41, 5.74) is 19.4. The Kier molecular flexibility index (Phi) is 9.23. The van der Waals surface area contributed by atoms with Crippen LogP contribution in [0.15, 0.2) is 97.6 Å². The monoisotopic (exact) mass is 730 g/mol. The summed E-state index contributed by atoms with van der Waals surface area (Å²) in [5, 5.41) is 0. The summed E-state index contributed by atoms with van der Waals surface area (Å²) >= 11 is 0. The second-order valence-corrected chi connectivity index (χ2v) is 13.9. The van der Waals surface area contributed by atoms with Crippen LogP contribution >= 0.6 is 0 Å². The Morgan fingerprint density at radius 1 is 0.357 bits per heavy atom. The number of nitrogens with one attached hydrogen (secondary N) is 2. The van der Waals surface area contributed by atoms with E-state index in [1.54, 1.807) is 0 Å². The molecule has 274 valence electrons. The number of pyridine rings is 4. The maximum atomic E-state index is 5.48. The molecule has 2 aliphatic rings. The van der Waals surface area contributed by atoms with Gasteiger partial charge < -0.3 is 9.97 Å². The maximum Gasteiger partial charge on any atom is 0.0737 e. The van der Waals surface area contributed by atoms with Gasteiger partial charge in [0.05, 0.1) is 22.8 Å². The van der Waals surface area contributed by atoms with Crippen molar-refractivity contribution in [2.75, 3.05) is 0 Å². The van der Waals surface area contributed by atoms with Crippen molar-refractivity contribution in [1.82, 2.24) is 39.9 Å². The first-order valence-electron chi connectivity index (χ1n) is 19.5. The van der Waals surface area contributed by atoms with E-state index in [4.69, 9.17) is 29.9 Å². The van der Waals surface area contributed by atoms with E-state index in [-0.39, 0.29) is 0 Å². The third-order valence-electron chi connectivity index (χ3n) is 10.7. The summed E-state index contributed by atoms with van der Waals surface area (Å²) in [4.78, 5) is 38.0. The van der Waals surface area contributed by atoms with Crippen molar-refractivity contribution in [2.45, 2.75) is 53.4 Å². The number of nitrogens with zero attached hydrogens (tertiary/aromatic N) is 6. The fourth-order valence-electron chi connectivity index (χ4n) is 8.13. The molecule has 7 aromatic heterocycles. The molecule has 0 saturated heterocycles. The number of aromatic nitrogens is 8. The fraction of sp³-hybridized carbons (Fsp3) is 0.167. The van der Waals surface area contributed by atoms with E-state index in [0.29, 0.717) is 0 Å². The maximum absolute atomic E-state index is 5.48. The molecule has 8 nitrogen and oxygen atoms in total. The Labute approximate surface area is 326 Å². The lowest BCUT2D eigenvalue weighted by Crippen LogP contribution is -1.96. The van der Waals surface area contributed by atoms with Gasteiger partial charge in [0.15, 0.2) is 0 Å². The first kappa shape index (κ1) is 34.9. The minimum atomic E-state index is 0.779. The van der Waals surface area contributed by atoms with Gasteiger partial charge in [0.25, 0.3) is 0 Å². The molecule has 9 rings (SSSR count). The highest BCUT2D eigenvalue weighted by molar-refractivity contribution is 6.00. The van der Waals surface area contributed by atoms with Gasteiger partial charge in [-0.25, -0.2) is 9.97 Å². The molecule has 7 aromatic rings. The average molecular weight is 731 g/mol. The summed E-state index contributed by atoms with van der Waals surface area (Å²) in [5.74, 6) is 0. The predicted molar refractivity (Wildman–Crippen MR) is 229 cm³/mol. The van der Waals surface area contributed by atoms with Crippen LogP contribution in [-0.4, -0.2) is 39.9 Å². The van der Waals surface area contributed by atoms with E-state index < -0.39 is 0 Å². The Bertz CT molecular complexity index is 2490. The standard InChI is InChI=1S/C48H42N8/c1-5-33-29(13-9-25-49-33)45-37-17-19-39(53-37)46(30-14-10-26-50-34(30)6-2)41-21-23-43(55-41)48(32-16-12-28-52-36(32)8-4)44-24-22-42(56-44)47(40-20-18-38(45)54-40)31-15-11-27-51-35(31)7-3/h9-28,53,56H,5-8H2,1-4H3. The highest BCUT2D eigenvalue weighted by Crippen LogP contribution is 2.40. The summed E-state index contributed by atoms with van der Waals surface area (Å²) in [6.07, 6.45) is 19.1. The zero-order chi connectivity index (χ0) is 38.2. The normalized spacial score (nSPS) is 12.1. The lowest BCUT2D eigenvalue weighted by Gasteiger charge is -2.11. The SMILES string of the molecule is CCc1ncccc1-c1c2nc(c(-c3cccnc3CC)c3ccc([nH]3)c(-c3cccnc3CC)c3nc(c(-c4cccnc4CC)c4ccc1[nH]4)C=C3)C=C2. The average Bonchev–Trinajstić information content (AvgIpc) is 4.10. The number of aromatic amines is 2. The van der Waals surface area contributed by atoms with Crippen molar-refractivity contribution in [2.24, 2.45) is 0 Å². The predicted octanol–water partition coefficient (Wildman–Crippen LogP) is 11.2. The molecule has 2 aliphatic heterocycles. The third kappa shape index (κ3) is 6.04. The number of rotatable bonds is 8. The van der Waals surface area contributed by atoms with E-state index in [1.165, 1.54) is 0 Å². The Balaban J connectivity index is 1.51. The number of hydrogen-bond acceptors (Lipinski definition) is 6. The molecule has 0 saturated carbocycles. The largest absolute Gasteiger partial charge is 0.354 e. The summed E-state index contributed by atoms with van der Waals surface area (Å²) in [6.45, 7) is 8.59. The molecule has 9 heterocycles. The van der Waals surface area contributed by atoms with Gasteiger partial charge in [0.2, 0.25) is 0 Å². The van der Waals surface area contributed by atoms with Crippen molar-refractivity contribution in [3.05, 3.63) is 143 Å². The summed E-state index contributed by atoms with van der Waals surface area (Å²) in [7, 11) is 0. The van der Waals surface area contributed by atoms with Crippen molar-refractivity contribution >= 4 is 46.4 Å². The minimum absolute atomic E-state index is 0.779. The first-order valence-corrected chi connectivity index (χ1v) is 19.5. The summed E-state index contributed by atoms with van der Waals surface area (Å²) in [6, 6.07) is 25.3. The molecule has 0 aliphatic carbocycles. The van der Waals surface area contributed by atoms with Crippen LogP contribution in [0.5, 0.6) is 0 Å². The fourth-order valence-corrected chi connectivity index (χ4v) is 8.13. The minimum Gasteiger partial charge on any atom is -0.354 e. The van der Waals surface area contributed by atoms with Crippen LogP contribution in [0.2, 0.25) is 0 Å². The molecule has 0 fully saturated rings. The van der Waals surface area contributed by atoms with Crippen molar-refractivity contribution in [3.8, 4) is 44.5 Å². The number of H-pyrrole nitrogens is 2. The lowest BCUT2D eigenvalue weighted by molar-refractivity contribution is 1.04. The van der Waals surface area contributed by atoms with Crippen molar-refractivity contribution in [1.29, 1.82) is 0 Å². The molecular weight excluding hydrogens is 689 g/mol. The van der Waals surface area contributed by atoms with Crippen molar-refractivity contribution in [3.63, 3.8) is 0 Å². The van der Waals surface area contributed by atoms with E-state index in [9.17, 15) is 0 Å². The molecule has 8 heteroatoms. The van der Waals surface area contributed by atoms with Crippen LogP contribution in [0.1, 0.15) is 73.2 Å². The van der Waals surface area contributed by atoms with E-state index in [2.05, 4.69) is 110 Å². The Hall–Kier alpha value is -6.80. The molecule has 0 spiro atoms. The second kappa shape index (κ2) is 14.8. The quantitative estimate of drug-likeness (QED) is 0.161. The lowest BCUT2D eigenvalue weighted by atomic mass is 10.0. The second-order valence-electron chi connectivity index (χ2n) is 13.9. The van der Waals surface area contributed by atoms with Crippen LogP contribution < -0.4 is 0 Å². The van der Waals surface area contributed by atoms with Crippen LogP contribution in [-0.2, 0) is 25.7 Å². The Morgan fingerprint density at radius 2 is 0.607 bits per heavy atom. The van der Waals surface area contributed by atoms with Crippen LogP contribution in [0.25, 0.3) is 90.9 Å². The van der Waals surface area contributed by atoms with Gasteiger partial charge in [-0.15, -0.1) is 0 Å². The third-order valence-corrected chi connectivity index (χ3v) is 10.7. The van der Waals surface area contributed by atoms with Crippen LogP contribution in [0.3, 0.4) is 0 Å². The van der Waals surface area contributed by atoms with Crippen LogP contribution in [0, 0.1) is 0 Å². The number of fused-ring (bicyclic) bond motifs is 8. The smallest absolute Gasteiger partial charge is 0.0737 e. The Morgan fingerprint density at radius 3 is 0.839 bits per heavy atom. The summed E-state index contributed by atoms with van der Waals surface area (Å²) < 4.78 is 0. The number of hydrogen-bond donors (Lipinski definition) is 2.